The number of carbonyl (C=O) groups is 1. The summed E-state index contributed by atoms with van der Waals surface area (Å²) in [6.07, 6.45) is 0. The predicted molar refractivity (Wildman–Crippen MR) is 66.1 cm³/mol. The van der Waals surface area contributed by atoms with Crippen molar-refractivity contribution in [3.05, 3.63) is 41.6 Å². The lowest BCUT2D eigenvalue weighted by Crippen LogP contribution is -2.08. The van der Waals surface area contributed by atoms with Crippen molar-refractivity contribution >= 4 is 5.97 Å². The lowest BCUT2D eigenvalue weighted by molar-refractivity contribution is 0.0427. The zero-order chi connectivity index (χ0) is 13.0. The van der Waals surface area contributed by atoms with E-state index in [0.29, 0.717) is 5.69 Å². The first-order chi connectivity index (χ1) is 8.70. The quantitative estimate of drug-likeness (QED) is 0.802. The molecule has 0 atom stereocenters. The zero-order valence-corrected chi connectivity index (χ0v) is 10.0. The molecule has 0 bridgehead atoms. The fourth-order valence-corrected chi connectivity index (χ4v) is 1.51. The average molecular weight is 246 g/mol. The number of benzene rings is 1. The summed E-state index contributed by atoms with van der Waals surface area (Å²) in [6, 6.07) is 9.47. The van der Waals surface area contributed by atoms with Gasteiger partial charge in [-0.3, -0.25) is 5.10 Å². The number of ether oxygens (including phenoxy) is 1. The van der Waals surface area contributed by atoms with Crippen molar-refractivity contribution in [3.63, 3.8) is 0 Å². The first-order valence-electron chi connectivity index (χ1n) is 5.61. The number of carbonyl (C=O) groups excluding carboxylic acids is 1. The number of aliphatic hydroxyl groups is 1. The van der Waals surface area contributed by atoms with Gasteiger partial charge in [0.15, 0.2) is 0 Å². The molecule has 0 spiro atoms. The molecular weight excluding hydrogens is 232 g/mol. The van der Waals surface area contributed by atoms with Crippen molar-refractivity contribution in [2.24, 2.45) is 0 Å². The summed E-state index contributed by atoms with van der Waals surface area (Å²) in [4.78, 5) is 11.5. The Balaban J connectivity index is 2.15. The monoisotopic (exact) mass is 246 g/mol. The molecule has 18 heavy (non-hydrogen) atoms. The standard InChI is InChI=1S/C13H14N2O3/c1-9-2-4-10(5-3-9)11-8-12(15-14-11)13(17)18-7-6-16/h2-5,8,16H,6-7H2,1H3,(H,14,15). The van der Waals surface area contributed by atoms with Crippen LogP contribution in [0.4, 0.5) is 0 Å². The Morgan fingerprint density at radius 2 is 2.11 bits per heavy atom. The van der Waals surface area contributed by atoms with Gasteiger partial charge in [-0.25, -0.2) is 4.79 Å². The molecule has 0 saturated heterocycles. The third-order valence-corrected chi connectivity index (χ3v) is 2.47. The minimum atomic E-state index is -0.519. The molecule has 5 nitrogen and oxygen atoms in total. The Morgan fingerprint density at radius 1 is 1.39 bits per heavy atom. The second kappa shape index (κ2) is 5.46. The van der Waals surface area contributed by atoms with Gasteiger partial charge >= 0.3 is 5.97 Å². The number of H-pyrrole nitrogens is 1. The highest BCUT2D eigenvalue weighted by molar-refractivity contribution is 5.88. The highest BCUT2D eigenvalue weighted by atomic mass is 16.5. The predicted octanol–water partition coefficient (Wildman–Crippen LogP) is 1.53. The summed E-state index contributed by atoms with van der Waals surface area (Å²) in [5.41, 5.74) is 3.06. The highest BCUT2D eigenvalue weighted by Crippen LogP contribution is 2.18. The van der Waals surface area contributed by atoms with Crippen LogP contribution in [-0.4, -0.2) is 34.5 Å². The van der Waals surface area contributed by atoms with Crippen molar-refractivity contribution < 1.29 is 14.6 Å². The SMILES string of the molecule is Cc1ccc(-c2cc(C(=O)OCCO)[nH]n2)cc1. The minimum absolute atomic E-state index is 0.0162. The molecule has 2 aromatic rings. The van der Waals surface area contributed by atoms with Gasteiger partial charge in [-0.2, -0.15) is 5.10 Å². The Hall–Kier alpha value is -2.14. The zero-order valence-electron chi connectivity index (χ0n) is 10.0. The van der Waals surface area contributed by atoms with Gasteiger partial charge in [0, 0.05) is 5.56 Å². The van der Waals surface area contributed by atoms with Crippen LogP contribution in [-0.2, 0) is 4.74 Å². The van der Waals surface area contributed by atoms with Crippen LogP contribution in [0, 0.1) is 6.92 Å². The van der Waals surface area contributed by atoms with Gasteiger partial charge in [-0.05, 0) is 13.0 Å². The highest BCUT2D eigenvalue weighted by Gasteiger charge is 2.11. The molecule has 1 aromatic heterocycles. The van der Waals surface area contributed by atoms with Crippen molar-refractivity contribution in [1.29, 1.82) is 0 Å². The summed E-state index contributed by atoms with van der Waals surface area (Å²) in [7, 11) is 0. The first-order valence-corrected chi connectivity index (χ1v) is 5.61. The van der Waals surface area contributed by atoms with Crippen LogP contribution < -0.4 is 0 Å². The van der Waals surface area contributed by atoms with Gasteiger partial charge in [-0.1, -0.05) is 29.8 Å². The van der Waals surface area contributed by atoms with Crippen LogP contribution in [0.2, 0.25) is 0 Å². The molecule has 0 saturated carbocycles. The Morgan fingerprint density at radius 3 is 2.78 bits per heavy atom. The smallest absolute Gasteiger partial charge is 0.356 e. The van der Waals surface area contributed by atoms with Crippen LogP contribution in [0.15, 0.2) is 30.3 Å². The number of aromatic nitrogens is 2. The molecule has 0 aliphatic rings. The van der Waals surface area contributed by atoms with E-state index in [1.807, 2.05) is 31.2 Å². The molecule has 0 unspecified atom stereocenters. The fraction of sp³-hybridized carbons (Fsp3) is 0.231. The third kappa shape index (κ3) is 2.75. The number of esters is 1. The largest absolute Gasteiger partial charge is 0.459 e. The van der Waals surface area contributed by atoms with E-state index in [9.17, 15) is 4.79 Å². The minimum Gasteiger partial charge on any atom is -0.459 e. The van der Waals surface area contributed by atoms with Crippen LogP contribution in [0.25, 0.3) is 11.3 Å². The molecule has 0 radical (unpaired) electrons. The maximum Gasteiger partial charge on any atom is 0.356 e. The van der Waals surface area contributed by atoms with Crippen LogP contribution in [0.1, 0.15) is 16.1 Å². The summed E-state index contributed by atoms with van der Waals surface area (Å²) < 4.78 is 4.79. The number of nitrogens with zero attached hydrogens (tertiary/aromatic N) is 1. The van der Waals surface area contributed by atoms with E-state index in [0.717, 1.165) is 11.1 Å². The maximum atomic E-state index is 11.5. The number of aliphatic hydroxyl groups excluding tert-OH is 1. The van der Waals surface area contributed by atoms with Crippen molar-refractivity contribution in [3.8, 4) is 11.3 Å². The van der Waals surface area contributed by atoms with E-state index >= 15 is 0 Å². The normalized spacial score (nSPS) is 10.3. The third-order valence-electron chi connectivity index (χ3n) is 2.47. The number of rotatable bonds is 4. The van der Waals surface area contributed by atoms with Gasteiger partial charge in [0.25, 0.3) is 0 Å². The number of hydrogen-bond acceptors (Lipinski definition) is 4. The number of hydrogen-bond donors (Lipinski definition) is 2. The molecule has 2 rings (SSSR count). The molecule has 0 aliphatic heterocycles. The van der Waals surface area contributed by atoms with Crippen molar-refractivity contribution in [2.45, 2.75) is 6.92 Å². The molecule has 94 valence electrons. The second-order valence-corrected chi connectivity index (χ2v) is 3.89. The molecule has 0 aliphatic carbocycles. The van der Waals surface area contributed by atoms with Crippen LogP contribution in [0.5, 0.6) is 0 Å². The topological polar surface area (TPSA) is 75.2 Å². The molecule has 5 heteroatoms. The van der Waals surface area contributed by atoms with E-state index in [1.165, 1.54) is 0 Å². The molecule has 0 fully saturated rings. The Kier molecular flexibility index (Phi) is 3.74. The Bertz CT molecular complexity index is 531. The summed E-state index contributed by atoms with van der Waals surface area (Å²) in [5, 5.41) is 15.2. The van der Waals surface area contributed by atoms with Gasteiger partial charge in [-0.15, -0.1) is 0 Å². The van der Waals surface area contributed by atoms with Crippen molar-refractivity contribution in [1.82, 2.24) is 10.2 Å². The molecule has 2 N–H and O–H groups in total. The van der Waals surface area contributed by atoms with E-state index in [2.05, 4.69) is 10.2 Å². The second-order valence-electron chi connectivity index (χ2n) is 3.89. The van der Waals surface area contributed by atoms with Crippen molar-refractivity contribution in [2.75, 3.05) is 13.2 Å². The van der Waals surface area contributed by atoms with E-state index in [4.69, 9.17) is 9.84 Å². The number of aromatic amines is 1. The first kappa shape index (κ1) is 12.3. The average Bonchev–Trinajstić information content (AvgIpc) is 2.86. The molecule has 1 heterocycles. The lowest BCUT2D eigenvalue weighted by Gasteiger charge is -1.98. The number of nitrogens with one attached hydrogen (secondary N) is 1. The maximum absolute atomic E-state index is 11.5. The molecule has 1 aromatic carbocycles. The summed E-state index contributed by atoms with van der Waals surface area (Å²) in [5.74, 6) is -0.519. The fourth-order valence-electron chi connectivity index (χ4n) is 1.51. The molecule has 0 amide bonds. The number of aryl methyl sites for hydroxylation is 1. The van der Waals surface area contributed by atoms with Gasteiger partial charge in [0.1, 0.15) is 12.3 Å². The summed E-state index contributed by atoms with van der Waals surface area (Å²) >= 11 is 0. The van der Waals surface area contributed by atoms with Gasteiger partial charge in [0.05, 0.1) is 12.3 Å². The van der Waals surface area contributed by atoms with Crippen LogP contribution in [0.3, 0.4) is 0 Å². The summed E-state index contributed by atoms with van der Waals surface area (Å²) in [6.45, 7) is 1.80. The van der Waals surface area contributed by atoms with E-state index in [1.54, 1.807) is 6.07 Å². The van der Waals surface area contributed by atoms with Gasteiger partial charge < -0.3 is 9.84 Å². The van der Waals surface area contributed by atoms with Gasteiger partial charge in [0.2, 0.25) is 0 Å². The van der Waals surface area contributed by atoms with E-state index in [-0.39, 0.29) is 18.9 Å². The van der Waals surface area contributed by atoms with Crippen LogP contribution >= 0.6 is 0 Å². The molecular formula is C13H14N2O3. The lowest BCUT2D eigenvalue weighted by atomic mass is 10.1. The van der Waals surface area contributed by atoms with E-state index < -0.39 is 5.97 Å². The Labute approximate surface area is 104 Å².